The van der Waals surface area contributed by atoms with Crippen LogP contribution < -0.4 is 5.32 Å². The minimum Gasteiger partial charge on any atom is -0.320 e. The Hall–Kier alpha value is -1.29. The predicted octanol–water partition coefficient (Wildman–Crippen LogP) is 2.08. The summed E-state index contributed by atoms with van der Waals surface area (Å²) in [6, 6.07) is 3.90. The highest BCUT2D eigenvalue weighted by Gasteiger charge is 2.11. The first kappa shape index (κ1) is 12.8. The largest absolute Gasteiger partial charge is 0.320 e. The highest BCUT2D eigenvalue weighted by Crippen LogP contribution is 2.12. The molecular formula is C12H15F2NO. The lowest BCUT2D eigenvalue weighted by Gasteiger charge is -2.03. The molecule has 1 N–H and O–H groups in total. The van der Waals surface area contributed by atoms with E-state index in [1.54, 1.807) is 7.05 Å². The van der Waals surface area contributed by atoms with Gasteiger partial charge in [0, 0.05) is 12.8 Å². The summed E-state index contributed by atoms with van der Waals surface area (Å²) in [6.45, 7) is 0.747. The molecule has 16 heavy (non-hydrogen) atoms. The molecule has 0 unspecified atom stereocenters. The number of hydrogen-bond acceptors (Lipinski definition) is 2. The maximum Gasteiger partial charge on any atom is 0.162 e. The molecule has 0 fully saturated rings. The van der Waals surface area contributed by atoms with Crippen molar-refractivity contribution >= 4 is 5.78 Å². The molecule has 0 amide bonds. The summed E-state index contributed by atoms with van der Waals surface area (Å²) in [5.74, 6) is -1.88. The molecule has 4 heteroatoms. The molecule has 0 aliphatic heterocycles. The predicted molar refractivity (Wildman–Crippen MR) is 58.2 cm³/mol. The monoisotopic (exact) mass is 227 g/mol. The third-order valence-corrected chi connectivity index (χ3v) is 2.30. The van der Waals surface area contributed by atoms with Crippen molar-refractivity contribution in [2.75, 3.05) is 13.6 Å². The Morgan fingerprint density at radius 3 is 2.81 bits per heavy atom. The second kappa shape index (κ2) is 6.33. The van der Waals surface area contributed by atoms with Crippen molar-refractivity contribution < 1.29 is 13.6 Å². The van der Waals surface area contributed by atoms with E-state index in [0.717, 1.165) is 12.6 Å². The van der Waals surface area contributed by atoms with Crippen LogP contribution in [0.3, 0.4) is 0 Å². The molecule has 1 aromatic rings. The number of nitrogens with one attached hydrogen (secondary N) is 1. The maximum atomic E-state index is 13.2. The van der Waals surface area contributed by atoms with E-state index in [4.69, 9.17) is 0 Å². The third kappa shape index (κ3) is 3.70. The van der Waals surface area contributed by atoms with Gasteiger partial charge in [-0.3, -0.25) is 4.79 Å². The summed E-state index contributed by atoms with van der Waals surface area (Å²) in [6.07, 6.45) is 1.07. The van der Waals surface area contributed by atoms with Crippen molar-refractivity contribution in [3.8, 4) is 0 Å². The molecule has 0 bridgehead atoms. The summed E-state index contributed by atoms with van der Waals surface area (Å²) in [7, 11) is 1.80. The van der Waals surface area contributed by atoms with Crippen molar-refractivity contribution in [3.63, 3.8) is 0 Å². The molecular weight excluding hydrogens is 212 g/mol. The van der Waals surface area contributed by atoms with Crippen LogP contribution in [0, 0.1) is 11.6 Å². The quantitative estimate of drug-likeness (QED) is 0.754. The molecule has 0 radical (unpaired) electrons. The minimum absolute atomic E-state index is 0.0344. The van der Waals surface area contributed by atoms with E-state index < -0.39 is 11.6 Å². The Balaban J connectivity index is 2.53. The van der Waals surface area contributed by atoms with Gasteiger partial charge in [0.25, 0.3) is 0 Å². The Bertz CT molecular complexity index is 366. The van der Waals surface area contributed by atoms with Crippen LogP contribution in [0.2, 0.25) is 0 Å². The number of carbonyl (C=O) groups excluding carboxylic acids is 1. The van der Waals surface area contributed by atoms with Crippen LogP contribution in [0.5, 0.6) is 0 Å². The summed E-state index contributed by atoms with van der Waals surface area (Å²) in [5, 5.41) is 2.92. The van der Waals surface area contributed by atoms with Gasteiger partial charge in [0.1, 0.15) is 5.78 Å². The molecule has 1 aromatic carbocycles. The van der Waals surface area contributed by atoms with E-state index in [-0.39, 0.29) is 17.8 Å². The molecule has 0 saturated carbocycles. The molecule has 0 aliphatic rings. The van der Waals surface area contributed by atoms with Crippen LogP contribution in [0.1, 0.15) is 18.4 Å². The number of carbonyl (C=O) groups is 1. The molecule has 0 saturated heterocycles. The first-order valence-electron chi connectivity index (χ1n) is 5.24. The highest BCUT2D eigenvalue weighted by molar-refractivity contribution is 5.80. The molecule has 2 nitrogen and oxygen atoms in total. The summed E-state index contributed by atoms with van der Waals surface area (Å²) >= 11 is 0. The topological polar surface area (TPSA) is 29.1 Å². The van der Waals surface area contributed by atoms with Crippen molar-refractivity contribution in [1.29, 1.82) is 0 Å². The van der Waals surface area contributed by atoms with Gasteiger partial charge in [-0.15, -0.1) is 0 Å². The van der Waals surface area contributed by atoms with E-state index in [0.29, 0.717) is 12.8 Å². The van der Waals surface area contributed by atoms with Crippen molar-refractivity contribution in [2.24, 2.45) is 0 Å². The molecule has 0 spiro atoms. The third-order valence-electron chi connectivity index (χ3n) is 2.30. The van der Waals surface area contributed by atoms with Gasteiger partial charge in [-0.2, -0.15) is 0 Å². The number of rotatable bonds is 6. The van der Waals surface area contributed by atoms with Gasteiger partial charge in [0.2, 0.25) is 0 Å². The van der Waals surface area contributed by atoms with Crippen molar-refractivity contribution in [1.82, 2.24) is 5.32 Å². The standard InChI is InChI=1S/C12H15F2NO/c1-15-7-3-5-10(16)8-9-4-2-6-11(13)12(9)14/h2,4,6,15H,3,5,7-8H2,1H3. The fraction of sp³-hybridized carbons (Fsp3) is 0.417. The Labute approximate surface area is 93.7 Å². The Morgan fingerprint density at radius 1 is 1.38 bits per heavy atom. The molecule has 1 rings (SSSR count). The lowest BCUT2D eigenvalue weighted by atomic mass is 10.1. The Kier molecular flexibility index (Phi) is 5.05. The van der Waals surface area contributed by atoms with Crippen LogP contribution in [-0.4, -0.2) is 19.4 Å². The molecule has 0 aliphatic carbocycles. The smallest absolute Gasteiger partial charge is 0.162 e. The van der Waals surface area contributed by atoms with Crippen LogP contribution >= 0.6 is 0 Å². The van der Waals surface area contributed by atoms with E-state index in [2.05, 4.69) is 5.32 Å². The second-order valence-electron chi connectivity index (χ2n) is 3.64. The zero-order valence-corrected chi connectivity index (χ0v) is 9.22. The van der Waals surface area contributed by atoms with Gasteiger partial charge < -0.3 is 5.32 Å². The fourth-order valence-corrected chi connectivity index (χ4v) is 1.45. The van der Waals surface area contributed by atoms with Crippen LogP contribution in [-0.2, 0) is 11.2 Å². The number of ketones is 1. The molecule has 0 atom stereocenters. The van der Waals surface area contributed by atoms with E-state index in [1.807, 2.05) is 0 Å². The van der Waals surface area contributed by atoms with Gasteiger partial charge in [-0.1, -0.05) is 12.1 Å². The second-order valence-corrected chi connectivity index (χ2v) is 3.64. The molecule has 0 heterocycles. The van der Waals surface area contributed by atoms with E-state index >= 15 is 0 Å². The van der Waals surface area contributed by atoms with Crippen molar-refractivity contribution in [3.05, 3.63) is 35.4 Å². The maximum absolute atomic E-state index is 13.2. The molecule has 0 aromatic heterocycles. The number of halogens is 2. The van der Waals surface area contributed by atoms with Crippen LogP contribution in [0.4, 0.5) is 8.78 Å². The van der Waals surface area contributed by atoms with Gasteiger partial charge >= 0.3 is 0 Å². The van der Waals surface area contributed by atoms with Gasteiger partial charge in [-0.25, -0.2) is 8.78 Å². The van der Waals surface area contributed by atoms with E-state index in [1.165, 1.54) is 12.1 Å². The summed E-state index contributed by atoms with van der Waals surface area (Å²) in [5.41, 5.74) is 0.134. The fourth-order valence-electron chi connectivity index (χ4n) is 1.45. The zero-order valence-electron chi connectivity index (χ0n) is 9.22. The van der Waals surface area contributed by atoms with Crippen LogP contribution in [0.25, 0.3) is 0 Å². The summed E-state index contributed by atoms with van der Waals surface area (Å²) < 4.78 is 26.1. The summed E-state index contributed by atoms with van der Waals surface area (Å²) in [4.78, 5) is 11.4. The van der Waals surface area contributed by atoms with Gasteiger partial charge in [0.15, 0.2) is 11.6 Å². The number of Topliss-reactive ketones (excluding diaryl/α,β-unsaturated/α-hetero) is 1. The van der Waals surface area contributed by atoms with Gasteiger partial charge in [0.05, 0.1) is 0 Å². The van der Waals surface area contributed by atoms with Crippen molar-refractivity contribution in [2.45, 2.75) is 19.3 Å². The highest BCUT2D eigenvalue weighted by atomic mass is 19.2. The number of hydrogen-bond donors (Lipinski definition) is 1. The average molecular weight is 227 g/mol. The molecule has 88 valence electrons. The lowest BCUT2D eigenvalue weighted by Crippen LogP contribution is -2.11. The van der Waals surface area contributed by atoms with Crippen LogP contribution in [0.15, 0.2) is 18.2 Å². The Morgan fingerprint density at radius 2 is 2.12 bits per heavy atom. The average Bonchev–Trinajstić information content (AvgIpc) is 2.25. The lowest BCUT2D eigenvalue weighted by molar-refractivity contribution is -0.118. The number of benzene rings is 1. The zero-order chi connectivity index (χ0) is 12.0. The SMILES string of the molecule is CNCCCC(=O)Cc1cccc(F)c1F. The van der Waals surface area contributed by atoms with Gasteiger partial charge in [-0.05, 0) is 31.6 Å². The minimum atomic E-state index is -0.913. The van der Waals surface area contributed by atoms with E-state index in [9.17, 15) is 13.6 Å². The first-order chi connectivity index (χ1) is 7.65. The normalized spacial score (nSPS) is 10.4. The first-order valence-corrected chi connectivity index (χ1v) is 5.24.